The summed E-state index contributed by atoms with van der Waals surface area (Å²) < 4.78 is 5.70. The number of nitrogens with zero attached hydrogens (tertiary/aromatic N) is 1. The third-order valence-corrected chi connectivity index (χ3v) is 3.91. The van der Waals surface area contributed by atoms with Crippen molar-refractivity contribution in [2.75, 3.05) is 32.8 Å². The van der Waals surface area contributed by atoms with Crippen LogP contribution in [0.5, 0.6) is 5.75 Å². The fourth-order valence-electron chi connectivity index (χ4n) is 2.92. The number of hydrogen-bond acceptors (Lipinski definition) is 3. The lowest BCUT2D eigenvalue weighted by Gasteiger charge is -2.19. The molecule has 0 spiro atoms. The molecule has 0 aliphatic carbocycles. The summed E-state index contributed by atoms with van der Waals surface area (Å²) in [6, 6.07) is 8.34. The van der Waals surface area contributed by atoms with Crippen LogP contribution in [0.2, 0.25) is 0 Å². The van der Waals surface area contributed by atoms with E-state index in [0.717, 1.165) is 38.4 Å². The minimum atomic E-state index is 0.328. The molecule has 1 saturated heterocycles. The van der Waals surface area contributed by atoms with Crippen LogP contribution in [0.1, 0.15) is 17.9 Å². The number of hydrogen-bond donors (Lipinski definition) is 1. The fourth-order valence-corrected chi connectivity index (χ4v) is 2.92. The molecule has 0 radical (unpaired) electrons. The zero-order chi connectivity index (χ0) is 11.7. The molecule has 3 rings (SSSR count). The number of benzene rings is 1. The maximum Gasteiger partial charge on any atom is 0.122 e. The first-order chi connectivity index (χ1) is 8.36. The van der Waals surface area contributed by atoms with Crippen LogP contribution in [0, 0.1) is 5.92 Å². The number of ether oxygens (including phenoxy) is 1. The van der Waals surface area contributed by atoms with E-state index in [-0.39, 0.29) is 0 Å². The molecule has 17 heavy (non-hydrogen) atoms. The third-order valence-electron chi connectivity index (χ3n) is 3.91. The van der Waals surface area contributed by atoms with Crippen LogP contribution >= 0.6 is 0 Å². The van der Waals surface area contributed by atoms with Crippen molar-refractivity contribution in [1.29, 1.82) is 0 Å². The number of aliphatic hydroxyl groups is 1. The Morgan fingerprint density at radius 1 is 1.35 bits per heavy atom. The number of aliphatic hydroxyl groups excluding tert-OH is 1. The monoisotopic (exact) mass is 233 g/mol. The first-order valence-electron chi connectivity index (χ1n) is 6.41. The van der Waals surface area contributed by atoms with Gasteiger partial charge in [0.15, 0.2) is 0 Å². The lowest BCUT2D eigenvalue weighted by molar-refractivity contribution is 0.214. The summed E-state index contributed by atoms with van der Waals surface area (Å²) in [7, 11) is 0. The molecule has 92 valence electrons. The highest BCUT2D eigenvalue weighted by Crippen LogP contribution is 2.34. The van der Waals surface area contributed by atoms with Crippen molar-refractivity contribution in [2.45, 2.75) is 12.3 Å². The topological polar surface area (TPSA) is 32.7 Å². The molecule has 1 aromatic rings. The third kappa shape index (κ3) is 2.17. The predicted octanol–water partition coefficient (Wildman–Crippen LogP) is 1.48. The average molecular weight is 233 g/mol. The minimum Gasteiger partial charge on any atom is -0.493 e. The Morgan fingerprint density at radius 2 is 2.24 bits per heavy atom. The SMILES string of the molecule is OCC1CCN(CC2COc3ccccc32)C1. The van der Waals surface area contributed by atoms with Gasteiger partial charge >= 0.3 is 0 Å². The molecule has 0 aromatic heterocycles. The van der Waals surface area contributed by atoms with E-state index in [2.05, 4.69) is 23.1 Å². The number of fused-ring (bicyclic) bond motifs is 1. The van der Waals surface area contributed by atoms with Crippen LogP contribution in [0.25, 0.3) is 0 Å². The highest BCUT2D eigenvalue weighted by molar-refractivity contribution is 5.39. The zero-order valence-corrected chi connectivity index (χ0v) is 10.0. The normalized spacial score (nSPS) is 28.1. The van der Waals surface area contributed by atoms with E-state index in [1.54, 1.807) is 0 Å². The Labute approximate surface area is 102 Å². The van der Waals surface area contributed by atoms with E-state index in [9.17, 15) is 0 Å². The van der Waals surface area contributed by atoms with Crippen molar-refractivity contribution in [3.05, 3.63) is 29.8 Å². The van der Waals surface area contributed by atoms with Gasteiger partial charge in [0.25, 0.3) is 0 Å². The summed E-state index contributed by atoms with van der Waals surface area (Å²) in [5.41, 5.74) is 1.35. The van der Waals surface area contributed by atoms with Gasteiger partial charge in [0.1, 0.15) is 5.75 Å². The second-order valence-corrected chi connectivity index (χ2v) is 5.14. The summed E-state index contributed by atoms with van der Waals surface area (Å²) in [4.78, 5) is 2.46. The maximum atomic E-state index is 9.15. The molecule has 2 aliphatic heterocycles. The van der Waals surface area contributed by atoms with E-state index in [0.29, 0.717) is 18.4 Å². The number of rotatable bonds is 3. The zero-order valence-electron chi connectivity index (χ0n) is 10.0. The molecule has 2 heterocycles. The van der Waals surface area contributed by atoms with Crippen molar-refractivity contribution in [1.82, 2.24) is 4.90 Å². The molecule has 0 bridgehead atoms. The number of para-hydroxylation sites is 1. The molecular weight excluding hydrogens is 214 g/mol. The summed E-state index contributed by atoms with van der Waals surface area (Å²) in [5, 5.41) is 9.15. The Kier molecular flexibility index (Phi) is 3.04. The quantitative estimate of drug-likeness (QED) is 0.858. The van der Waals surface area contributed by atoms with Gasteiger partial charge in [-0.15, -0.1) is 0 Å². The van der Waals surface area contributed by atoms with Gasteiger partial charge < -0.3 is 14.7 Å². The Bertz CT molecular complexity index is 394. The average Bonchev–Trinajstić information content (AvgIpc) is 2.97. The Morgan fingerprint density at radius 3 is 3.06 bits per heavy atom. The van der Waals surface area contributed by atoms with E-state index in [4.69, 9.17) is 9.84 Å². The van der Waals surface area contributed by atoms with Gasteiger partial charge in [-0.05, 0) is 24.9 Å². The molecule has 3 nitrogen and oxygen atoms in total. The van der Waals surface area contributed by atoms with Crippen LogP contribution in [0.15, 0.2) is 24.3 Å². The second-order valence-electron chi connectivity index (χ2n) is 5.14. The lowest BCUT2D eigenvalue weighted by atomic mass is 10.0. The summed E-state index contributed by atoms with van der Waals surface area (Å²) in [5.74, 6) is 2.03. The van der Waals surface area contributed by atoms with Crippen LogP contribution in [-0.4, -0.2) is 42.9 Å². The van der Waals surface area contributed by atoms with E-state index < -0.39 is 0 Å². The molecule has 1 N–H and O–H groups in total. The molecule has 2 unspecified atom stereocenters. The van der Waals surface area contributed by atoms with Crippen molar-refractivity contribution in [2.24, 2.45) is 5.92 Å². The van der Waals surface area contributed by atoms with Gasteiger partial charge in [-0.25, -0.2) is 0 Å². The van der Waals surface area contributed by atoms with Gasteiger partial charge in [0, 0.05) is 31.2 Å². The van der Waals surface area contributed by atoms with Crippen LogP contribution in [-0.2, 0) is 0 Å². The van der Waals surface area contributed by atoms with Gasteiger partial charge in [0.2, 0.25) is 0 Å². The first-order valence-corrected chi connectivity index (χ1v) is 6.41. The molecule has 1 fully saturated rings. The van der Waals surface area contributed by atoms with E-state index >= 15 is 0 Å². The molecule has 3 heteroatoms. The van der Waals surface area contributed by atoms with Crippen LogP contribution in [0.4, 0.5) is 0 Å². The predicted molar refractivity (Wildman–Crippen MR) is 66.3 cm³/mol. The van der Waals surface area contributed by atoms with Gasteiger partial charge in [-0.1, -0.05) is 18.2 Å². The molecule has 0 saturated carbocycles. The van der Waals surface area contributed by atoms with Gasteiger partial charge in [-0.2, -0.15) is 0 Å². The van der Waals surface area contributed by atoms with Gasteiger partial charge in [0.05, 0.1) is 6.61 Å². The smallest absolute Gasteiger partial charge is 0.122 e. The van der Waals surface area contributed by atoms with Gasteiger partial charge in [-0.3, -0.25) is 0 Å². The Balaban J connectivity index is 1.64. The Hall–Kier alpha value is -1.06. The summed E-state index contributed by atoms with van der Waals surface area (Å²) in [6.45, 7) is 4.35. The minimum absolute atomic E-state index is 0.328. The molecule has 2 aliphatic rings. The molecule has 1 aromatic carbocycles. The highest BCUT2D eigenvalue weighted by Gasteiger charge is 2.29. The van der Waals surface area contributed by atoms with Crippen LogP contribution < -0.4 is 4.74 Å². The van der Waals surface area contributed by atoms with E-state index in [1.807, 2.05) is 6.07 Å². The largest absolute Gasteiger partial charge is 0.493 e. The maximum absolute atomic E-state index is 9.15. The van der Waals surface area contributed by atoms with Crippen molar-refractivity contribution >= 4 is 0 Å². The van der Waals surface area contributed by atoms with E-state index in [1.165, 1.54) is 5.56 Å². The standard InChI is InChI=1S/C14H19NO2/c16-9-11-5-6-15(7-11)8-12-10-17-14-4-2-1-3-13(12)14/h1-4,11-12,16H,5-10H2. The van der Waals surface area contributed by atoms with Crippen molar-refractivity contribution < 1.29 is 9.84 Å². The first kappa shape index (κ1) is 11.1. The molecular formula is C14H19NO2. The lowest BCUT2D eigenvalue weighted by Crippen LogP contribution is -2.27. The van der Waals surface area contributed by atoms with Crippen LogP contribution in [0.3, 0.4) is 0 Å². The molecule has 0 amide bonds. The highest BCUT2D eigenvalue weighted by atomic mass is 16.5. The second kappa shape index (κ2) is 4.67. The number of likely N-dealkylation sites (tertiary alicyclic amines) is 1. The molecule has 2 atom stereocenters. The summed E-state index contributed by atoms with van der Waals surface area (Å²) >= 11 is 0. The van der Waals surface area contributed by atoms with Crippen molar-refractivity contribution in [3.8, 4) is 5.75 Å². The van der Waals surface area contributed by atoms with Crippen molar-refractivity contribution in [3.63, 3.8) is 0 Å². The summed E-state index contributed by atoms with van der Waals surface area (Å²) in [6.07, 6.45) is 1.13. The fraction of sp³-hybridized carbons (Fsp3) is 0.571.